The second-order valence-electron chi connectivity index (χ2n) is 9.86. The van der Waals surface area contributed by atoms with Gasteiger partial charge in [0.25, 0.3) is 11.8 Å². The van der Waals surface area contributed by atoms with Crippen molar-refractivity contribution in [3.05, 3.63) is 41.3 Å². The molecule has 12 heteroatoms. The summed E-state index contributed by atoms with van der Waals surface area (Å²) in [6.45, 7) is 4.84. The highest BCUT2D eigenvalue weighted by Crippen LogP contribution is 2.28. The summed E-state index contributed by atoms with van der Waals surface area (Å²) in [6.07, 6.45) is 2.60. The number of amides is 4. The molecule has 12 nitrogen and oxygen atoms in total. The lowest BCUT2D eigenvalue weighted by Gasteiger charge is -2.24. The number of carbonyl (C=O) groups excluding carboxylic acids is 4. The molecule has 4 amide bonds. The van der Waals surface area contributed by atoms with Gasteiger partial charge < -0.3 is 34.4 Å². The monoisotopic (exact) mass is 557 g/mol. The molecular formula is C28H39N5O7. The van der Waals surface area contributed by atoms with Crippen LogP contribution in [0.3, 0.4) is 0 Å². The van der Waals surface area contributed by atoms with Crippen LogP contribution in [0.1, 0.15) is 54.4 Å². The van der Waals surface area contributed by atoms with Crippen LogP contribution in [0.5, 0.6) is 11.5 Å². The van der Waals surface area contributed by atoms with E-state index in [-0.39, 0.29) is 36.5 Å². The maximum atomic E-state index is 13.0. The van der Waals surface area contributed by atoms with Gasteiger partial charge in [0.05, 0.1) is 12.8 Å². The Morgan fingerprint density at radius 1 is 1.05 bits per heavy atom. The highest BCUT2D eigenvalue weighted by Gasteiger charge is 2.22. The molecular weight excluding hydrogens is 518 g/mol. The molecule has 2 heterocycles. The molecule has 0 spiro atoms. The average molecular weight is 558 g/mol. The topological polar surface area (TPSA) is 143 Å². The molecule has 0 saturated heterocycles. The number of hydrogen-bond acceptors (Lipinski definition) is 8. The molecule has 218 valence electrons. The number of nitrogens with zero attached hydrogens (tertiary/aromatic N) is 3. The van der Waals surface area contributed by atoms with Gasteiger partial charge in [0.2, 0.25) is 17.6 Å². The number of nitrogens with one attached hydrogen (secondary N) is 2. The number of likely N-dealkylation sites (N-methyl/N-ethyl adjacent to an activating group) is 1. The van der Waals surface area contributed by atoms with Crippen molar-refractivity contribution in [1.82, 2.24) is 25.6 Å². The van der Waals surface area contributed by atoms with Crippen molar-refractivity contribution in [1.29, 1.82) is 0 Å². The molecule has 0 fully saturated rings. The molecule has 0 saturated carbocycles. The van der Waals surface area contributed by atoms with Crippen LogP contribution in [0.15, 0.2) is 28.8 Å². The summed E-state index contributed by atoms with van der Waals surface area (Å²) in [5.41, 5.74) is 1.46. The van der Waals surface area contributed by atoms with Crippen LogP contribution in [-0.4, -0.2) is 91.6 Å². The van der Waals surface area contributed by atoms with Gasteiger partial charge in [0.15, 0.2) is 18.1 Å². The number of rotatable bonds is 2. The van der Waals surface area contributed by atoms with E-state index in [0.29, 0.717) is 69.1 Å². The molecule has 1 atom stereocenters. The summed E-state index contributed by atoms with van der Waals surface area (Å²) in [5.74, 6) is -0.0390. The Bertz CT molecular complexity index is 1180. The largest absolute Gasteiger partial charge is 0.493 e. The molecule has 1 aliphatic rings. The third-order valence-corrected chi connectivity index (χ3v) is 6.58. The number of methoxy groups -OCH3 is 1. The van der Waals surface area contributed by atoms with Gasteiger partial charge in [-0.25, -0.2) is 0 Å². The molecule has 1 aliphatic heterocycles. The van der Waals surface area contributed by atoms with E-state index in [2.05, 4.69) is 15.8 Å². The minimum atomic E-state index is -0.738. The fourth-order valence-electron chi connectivity index (χ4n) is 4.35. The third-order valence-electron chi connectivity index (χ3n) is 6.58. The van der Waals surface area contributed by atoms with E-state index in [9.17, 15) is 19.2 Å². The fourth-order valence-corrected chi connectivity index (χ4v) is 4.35. The minimum absolute atomic E-state index is 0.106. The number of benzene rings is 1. The zero-order valence-corrected chi connectivity index (χ0v) is 23.7. The van der Waals surface area contributed by atoms with E-state index in [1.807, 2.05) is 6.07 Å². The fraction of sp³-hybridized carbons (Fsp3) is 0.536. The van der Waals surface area contributed by atoms with Gasteiger partial charge in [-0.3, -0.25) is 19.2 Å². The van der Waals surface area contributed by atoms with Gasteiger partial charge in [0, 0.05) is 45.7 Å². The van der Waals surface area contributed by atoms with Gasteiger partial charge in [-0.1, -0.05) is 11.2 Å². The predicted molar refractivity (Wildman–Crippen MR) is 146 cm³/mol. The molecule has 1 aromatic heterocycles. The highest BCUT2D eigenvalue weighted by atomic mass is 16.5. The molecule has 2 aromatic rings. The highest BCUT2D eigenvalue weighted by molar-refractivity contribution is 5.91. The van der Waals surface area contributed by atoms with Crippen molar-refractivity contribution in [2.75, 3.05) is 46.9 Å². The Kier molecular flexibility index (Phi) is 11.3. The summed E-state index contributed by atoms with van der Waals surface area (Å²) >= 11 is 0. The van der Waals surface area contributed by atoms with E-state index in [0.717, 1.165) is 5.56 Å². The molecule has 2 N–H and O–H groups in total. The SMILES string of the molecule is COc1ccc2cc1OCC(=O)N[C@@H](C)C(=O)N(C)CCCCN(C(=O)c1cc(C)no1)CCCNC(=O)CC2. The van der Waals surface area contributed by atoms with Crippen molar-refractivity contribution >= 4 is 23.6 Å². The number of aromatic nitrogens is 1. The lowest BCUT2D eigenvalue weighted by molar-refractivity contribution is -0.135. The first-order valence-electron chi connectivity index (χ1n) is 13.5. The average Bonchev–Trinajstić information content (AvgIpc) is 3.38. The smallest absolute Gasteiger partial charge is 0.292 e. The van der Waals surface area contributed by atoms with E-state index in [1.165, 1.54) is 7.11 Å². The van der Waals surface area contributed by atoms with Gasteiger partial charge in [0.1, 0.15) is 6.04 Å². The number of carbonyl (C=O) groups is 4. The van der Waals surface area contributed by atoms with Gasteiger partial charge >= 0.3 is 0 Å². The van der Waals surface area contributed by atoms with Crippen LogP contribution in [0.25, 0.3) is 0 Å². The molecule has 1 aromatic carbocycles. The van der Waals surface area contributed by atoms with Crippen LogP contribution in [0.2, 0.25) is 0 Å². The summed E-state index contributed by atoms with van der Waals surface area (Å²) in [4.78, 5) is 54.0. The van der Waals surface area contributed by atoms with Crippen LogP contribution < -0.4 is 20.1 Å². The van der Waals surface area contributed by atoms with Crippen molar-refractivity contribution < 1.29 is 33.2 Å². The molecule has 0 unspecified atom stereocenters. The van der Waals surface area contributed by atoms with Gasteiger partial charge in [-0.15, -0.1) is 0 Å². The van der Waals surface area contributed by atoms with E-state index in [1.54, 1.807) is 48.9 Å². The molecule has 0 aliphatic carbocycles. The number of fused-ring (bicyclic) bond motifs is 2. The summed E-state index contributed by atoms with van der Waals surface area (Å²) in [5, 5.41) is 9.39. The first kappa shape index (κ1) is 30.5. The van der Waals surface area contributed by atoms with Crippen LogP contribution in [-0.2, 0) is 20.8 Å². The predicted octanol–water partition coefficient (Wildman–Crippen LogP) is 1.71. The molecule has 2 bridgehead atoms. The standard InChI is InChI=1S/C28H39N5O7/c1-19-16-24(40-31-19)28(37)33-14-6-5-13-32(3)27(36)20(2)30-26(35)18-39-23-17-21(8-10-22(23)38-4)9-11-25(34)29-12-7-15-33/h8,10,16-17,20H,5-7,9,11-15,18H2,1-4H3,(H,29,34)(H,30,35)/t20-/m0/s1. The van der Waals surface area contributed by atoms with Crippen LogP contribution >= 0.6 is 0 Å². The number of hydrogen-bond donors (Lipinski definition) is 2. The first-order valence-corrected chi connectivity index (χ1v) is 13.5. The summed E-state index contributed by atoms with van der Waals surface area (Å²) in [6, 6.07) is 6.16. The lowest BCUT2D eigenvalue weighted by Crippen LogP contribution is -2.47. The van der Waals surface area contributed by atoms with Crippen LogP contribution in [0, 0.1) is 6.92 Å². The van der Waals surface area contributed by atoms with Crippen molar-refractivity contribution in [2.45, 2.75) is 52.0 Å². The Hall–Kier alpha value is -4.09. The lowest BCUT2D eigenvalue weighted by atomic mass is 10.1. The van der Waals surface area contributed by atoms with Crippen molar-refractivity contribution in [3.8, 4) is 11.5 Å². The van der Waals surface area contributed by atoms with E-state index < -0.39 is 11.9 Å². The maximum absolute atomic E-state index is 13.0. The van der Waals surface area contributed by atoms with Gasteiger partial charge in [-0.05, 0) is 57.2 Å². The Morgan fingerprint density at radius 3 is 2.52 bits per heavy atom. The van der Waals surface area contributed by atoms with Crippen molar-refractivity contribution in [2.24, 2.45) is 0 Å². The molecule has 3 rings (SSSR count). The summed E-state index contributed by atoms with van der Waals surface area (Å²) in [7, 11) is 3.18. The summed E-state index contributed by atoms with van der Waals surface area (Å²) < 4.78 is 16.2. The first-order chi connectivity index (χ1) is 19.2. The number of ether oxygens (including phenoxy) is 2. The second-order valence-corrected chi connectivity index (χ2v) is 9.86. The molecule has 0 radical (unpaired) electrons. The van der Waals surface area contributed by atoms with E-state index >= 15 is 0 Å². The minimum Gasteiger partial charge on any atom is -0.493 e. The normalized spacial score (nSPS) is 19.0. The Balaban J connectivity index is 1.71. The van der Waals surface area contributed by atoms with Crippen molar-refractivity contribution in [3.63, 3.8) is 0 Å². The zero-order chi connectivity index (χ0) is 29.1. The van der Waals surface area contributed by atoms with Crippen LogP contribution in [0.4, 0.5) is 0 Å². The quantitative estimate of drug-likeness (QED) is 0.568. The second kappa shape index (κ2) is 14.9. The zero-order valence-electron chi connectivity index (χ0n) is 23.7. The molecule has 40 heavy (non-hydrogen) atoms. The Labute approximate surface area is 234 Å². The third kappa shape index (κ3) is 8.99. The Morgan fingerprint density at radius 2 is 1.80 bits per heavy atom. The van der Waals surface area contributed by atoms with E-state index in [4.69, 9.17) is 14.0 Å². The van der Waals surface area contributed by atoms with Gasteiger partial charge in [-0.2, -0.15) is 0 Å². The number of aryl methyl sites for hydroxylation is 2. The maximum Gasteiger partial charge on any atom is 0.292 e.